The number of rotatable bonds is 12. The number of nitrogens with zero attached hydrogens (tertiary/aromatic N) is 1. The molecule has 10 nitrogen and oxygen atoms in total. The van der Waals surface area contributed by atoms with Crippen LogP contribution in [0.3, 0.4) is 0 Å². The first-order valence-corrected chi connectivity index (χ1v) is 8.59. The molecule has 0 aromatic carbocycles. The summed E-state index contributed by atoms with van der Waals surface area (Å²) in [5, 5.41) is 44.3. The van der Waals surface area contributed by atoms with Crippen molar-refractivity contribution in [2.75, 3.05) is 25.1 Å². The van der Waals surface area contributed by atoms with Crippen molar-refractivity contribution in [2.24, 2.45) is 0 Å². The molecule has 11 heteroatoms. The quantitative estimate of drug-likeness (QED) is 0.176. The molecule has 1 unspecified atom stereocenters. The van der Waals surface area contributed by atoms with E-state index in [4.69, 9.17) is 20.4 Å². The Hall–Kier alpha value is -1.77. The largest absolute Gasteiger partial charge is 0.481 e. The highest BCUT2D eigenvalue weighted by molar-refractivity contribution is 7.57. The van der Waals surface area contributed by atoms with Gasteiger partial charge in [-0.1, -0.05) is 0 Å². The maximum absolute atomic E-state index is 11.7. The lowest BCUT2D eigenvalue weighted by atomic mass is 10.3. The molecular formula is C12H20NO9P. The highest BCUT2D eigenvalue weighted by Crippen LogP contribution is 2.37. The second kappa shape index (κ2) is 10.9. The van der Waals surface area contributed by atoms with Gasteiger partial charge >= 0.3 is 17.9 Å². The van der Waals surface area contributed by atoms with E-state index in [2.05, 4.69) is 0 Å². The molecule has 0 aliphatic heterocycles. The Morgan fingerprint density at radius 2 is 1.30 bits per heavy atom. The van der Waals surface area contributed by atoms with E-state index in [-0.39, 0.29) is 42.8 Å². The van der Waals surface area contributed by atoms with E-state index in [1.807, 2.05) is 0 Å². The predicted octanol–water partition coefficient (Wildman–Crippen LogP) is -0.529. The van der Waals surface area contributed by atoms with Gasteiger partial charge in [-0.05, 0) is 18.5 Å². The Labute approximate surface area is 133 Å². The molecule has 0 heterocycles. The molecule has 0 aromatic heterocycles. The number of carbonyl (C=O) groups is 4. The van der Waals surface area contributed by atoms with E-state index < -0.39 is 44.4 Å². The van der Waals surface area contributed by atoms with Crippen LogP contribution in [-0.4, -0.2) is 85.6 Å². The van der Waals surface area contributed by atoms with Crippen LogP contribution in [-0.2, 0) is 19.2 Å². The van der Waals surface area contributed by atoms with Gasteiger partial charge in [-0.2, -0.15) is 0 Å². The standard InChI is InChI=1S/C12H20NO9P/c14-7-8(12(20)21)13(22)9(15)1-4-23(5-2-10(16)17)6-3-11(18)19/h8,14,22H,1-7H2,(H,16,17)(H,18,19)(H,20,21). The van der Waals surface area contributed by atoms with Gasteiger partial charge in [0.15, 0.2) is 6.04 Å². The lowest BCUT2D eigenvalue weighted by Crippen LogP contribution is -2.45. The molecule has 1 atom stereocenters. The summed E-state index contributed by atoms with van der Waals surface area (Å²) in [4.78, 5) is 43.6. The van der Waals surface area contributed by atoms with E-state index in [1.54, 1.807) is 0 Å². The fourth-order valence-electron chi connectivity index (χ4n) is 1.65. The SMILES string of the molecule is O=C(O)CCP(CCC(=O)O)CCC(=O)N(O)C(CO)C(=O)O. The fourth-order valence-corrected chi connectivity index (χ4v) is 3.84. The van der Waals surface area contributed by atoms with Gasteiger partial charge in [0.1, 0.15) is 0 Å². The zero-order valence-electron chi connectivity index (χ0n) is 12.3. The Balaban J connectivity index is 4.55. The number of carboxylic acids is 3. The average Bonchev–Trinajstić information content (AvgIpc) is 2.45. The van der Waals surface area contributed by atoms with Gasteiger partial charge in [-0.25, -0.2) is 9.86 Å². The summed E-state index contributed by atoms with van der Waals surface area (Å²) >= 11 is 0. The molecule has 0 rings (SSSR count). The predicted molar refractivity (Wildman–Crippen MR) is 77.8 cm³/mol. The van der Waals surface area contributed by atoms with E-state index >= 15 is 0 Å². The van der Waals surface area contributed by atoms with Crippen LogP contribution < -0.4 is 0 Å². The summed E-state index contributed by atoms with van der Waals surface area (Å²) in [5.74, 6) is -4.56. The van der Waals surface area contributed by atoms with Gasteiger partial charge in [-0.3, -0.25) is 19.6 Å². The van der Waals surface area contributed by atoms with Gasteiger partial charge in [0, 0.05) is 19.3 Å². The number of carbonyl (C=O) groups excluding carboxylic acids is 1. The summed E-state index contributed by atoms with van der Waals surface area (Å²) < 4.78 is 0. The minimum absolute atomic E-state index is 0.0652. The second-order valence-electron chi connectivity index (χ2n) is 4.65. The molecule has 132 valence electrons. The summed E-state index contributed by atoms with van der Waals surface area (Å²) in [5.41, 5.74) is 0. The average molecular weight is 353 g/mol. The molecule has 0 saturated carbocycles. The molecule has 0 aromatic rings. The van der Waals surface area contributed by atoms with Crippen molar-refractivity contribution in [1.82, 2.24) is 5.06 Å². The van der Waals surface area contributed by atoms with Gasteiger partial charge < -0.3 is 20.4 Å². The molecule has 0 saturated heterocycles. The minimum atomic E-state index is -1.77. The molecular weight excluding hydrogens is 333 g/mol. The Morgan fingerprint density at radius 1 is 0.870 bits per heavy atom. The van der Waals surface area contributed by atoms with Gasteiger partial charge in [-0.15, -0.1) is 7.92 Å². The van der Waals surface area contributed by atoms with Crippen LogP contribution in [0.5, 0.6) is 0 Å². The van der Waals surface area contributed by atoms with Crippen molar-refractivity contribution >= 4 is 31.7 Å². The molecule has 5 N–H and O–H groups in total. The molecule has 0 aliphatic rings. The highest BCUT2D eigenvalue weighted by Gasteiger charge is 2.28. The van der Waals surface area contributed by atoms with Crippen molar-refractivity contribution in [3.63, 3.8) is 0 Å². The van der Waals surface area contributed by atoms with Crippen LogP contribution in [0, 0.1) is 0 Å². The van der Waals surface area contributed by atoms with Crippen LogP contribution in [0.25, 0.3) is 0 Å². The fraction of sp³-hybridized carbons (Fsp3) is 0.667. The zero-order valence-corrected chi connectivity index (χ0v) is 13.2. The smallest absolute Gasteiger partial charge is 0.331 e. The third kappa shape index (κ3) is 9.07. The first kappa shape index (κ1) is 21.2. The third-order valence-electron chi connectivity index (χ3n) is 2.93. The van der Waals surface area contributed by atoms with E-state index in [1.165, 1.54) is 0 Å². The molecule has 0 radical (unpaired) electrons. The lowest BCUT2D eigenvalue weighted by molar-refractivity contribution is -0.188. The van der Waals surface area contributed by atoms with Gasteiger partial charge in [0.25, 0.3) is 0 Å². The van der Waals surface area contributed by atoms with E-state index in [9.17, 15) is 24.4 Å². The molecule has 23 heavy (non-hydrogen) atoms. The van der Waals surface area contributed by atoms with Crippen LogP contribution in [0.15, 0.2) is 0 Å². The zero-order chi connectivity index (χ0) is 18.0. The summed E-state index contributed by atoms with van der Waals surface area (Å²) in [6.07, 6.45) is 0.0697. The molecule has 0 aliphatic carbocycles. The number of amides is 1. The normalized spacial score (nSPS) is 12.0. The molecule has 0 spiro atoms. The Kier molecular flexibility index (Phi) is 10.0. The second-order valence-corrected chi connectivity index (χ2v) is 7.34. The third-order valence-corrected chi connectivity index (χ3v) is 5.50. The summed E-state index contributed by atoms with van der Waals surface area (Å²) in [7, 11) is -1.05. The number of hydroxylamine groups is 2. The Morgan fingerprint density at radius 3 is 1.65 bits per heavy atom. The number of aliphatic carboxylic acids is 3. The van der Waals surface area contributed by atoms with Crippen LogP contribution in [0.4, 0.5) is 0 Å². The monoisotopic (exact) mass is 353 g/mol. The Bertz CT molecular complexity index is 424. The molecule has 0 fully saturated rings. The van der Waals surface area contributed by atoms with Crippen molar-refractivity contribution < 1.29 is 44.8 Å². The van der Waals surface area contributed by atoms with E-state index in [0.717, 1.165) is 0 Å². The van der Waals surface area contributed by atoms with Crippen molar-refractivity contribution in [3.05, 3.63) is 0 Å². The lowest BCUT2D eigenvalue weighted by Gasteiger charge is -2.22. The first-order chi connectivity index (χ1) is 10.7. The summed E-state index contributed by atoms with van der Waals surface area (Å²) in [6, 6.07) is -1.77. The number of hydrogen-bond donors (Lipinski definition) is 5. The van der Waals surface area contributed by atoms with Crippen LogP contribution in [0.2, 0.25) is 0 Å². The molecule has 1 amide bonds. The van der Waals surface area contributed by atoms with Crippen molar-refractivity contribution in [1.29, 1.82) is 0 Å². The van der Waals surface area contributed by atoms with Crippen LogP contribution in [0.1, 0.15) is 19.3 Å². The topological polar surface area (TPSA) is 173 Å². The molecule has 0 bridgehead atoms. The maximum atomic E-state index is 11.7. The first-order valence-electron chi connectivity index (χ1n) is 6.69. The van der Waals surface area contributed by atoms with Crippen molar-refractivity contribution in [3.8, 4) is 0 Å². The van der Waals surface area contributed by atoms with Crippen LogP contribution >= 0.6 is 7.92 Å². The highest BCUT2D eigenvalue weighted by atomic mass is 31.1. The van der Waals surface area contributed by atoms with Crippen molar-refractivity contribution in [2.45, 2.75) is 25.3 Å². The van der Waals surface area contributed by atoms with Gasteiger partial charge in [0.2, 0.25) is 5.91 Å². The maximum Gasteiger partial charge on any atom is 0.331 e. The number of aliphatic hydroxyl groups is 1. The summed E-state index contributed by atoms with van der Waals surface area (Å²) in [6.45, 7) is -0.954. The number of hydrogen-bond acceptors (Lipinski definition) is 6. The van der Waals surface area contributed by atoms with E-state index in [0.29, 0.717) is 0 Å². The number of aliphatic hydroxyl groups excluding tert-OH is 1. The minimum Gasteiger partial charge on any atom is -0.481 e. The number of carboxylic acid groups (broad SMARTS) is 3. The van der Waals surface area contributed by atoms with Gasteiger partial charge in [0.05, 0.1) is 6.61 Å².